The Labute approximate surface area is 155 Å². The fraction of sp³-hybridized carbons (Fsp3) is 0.312. The highest BCUT2D eigenvalue weighted by molar-refractivity contribution is 7.91. The average Bonchev–Trinajstić information content (AvgIpc) is 3.03. The van der Waals surface area contributed by atoms with Crippen LogP contribution in [0.15, 0.2) is 34.5 Å². The first-order valence-electron chi connectivity index (χ1n) is 7.61. The van der Waals surface area contributed by atoms with Crippen LogP contribution in [0.25, 0.3) is 0 Å². The Hall–Kier alpha value is -1.48. The zero-order valence-electron chi connectivity index (χ0n) is 13.8. The molecule has 0 fully saturated rings. The molecule has 0 saturated carbocycles. The van der Waals surface area contributed by atoms with Crippen LogP contribution in [-0.4, -0.2) is 31.7 Å². The van der Waals surface area contributed by atoms with Crippen molar-refractivity contribution in [1.82, 2.24) is 9.62 Å². The van der Waals surface area contributed by atoms with E-state index in [9.17, 15) is 17.6 Å². The Balaban J connectivity index is 2.08. The van der Waals surface area contributed by atoms with Crippen molar-refractivity contribution in [3.05, 3.63) is 51.6 Å². The molecule has 1 aromatic heterocycles. The van der Waals surface area contributed by atoms with Crippen LogP contribution in [0, 0.1) is 5.82 Å². The summed E-state index contributed by atoms with van der Waals surface area (Å²) in [5.74, 6) is -1.29. The molecule has 0 aliphatic heterocycles. The summed E-state index contributed by atoms with van der Waals surface area (Å²) in [4.78, 5) is 12.7. The standard InChI is InChI=1S/C16H18ClFN2O3S2/c1-3-20(4-2)25(22,23)15-8-6-12(24-15)10-19-16(21)13-7-5-11(17)9-14(13)18/h5-9H,3-4,10H2,1-2H3,(H,19,21). The van der Waals surface area contributed by atoms with Crippen molar-refractivity contribution >= 4 is 38.9 Å². The number of benzene rings is 1. The minimum absolute atomic E-state index is 0.110. The number of nitrogens with zero attached hydrogens (tertiary/aromatic N) is 1. The zero-order valence-corrected chi connectivity index (χ0v) is 16.1. The first-order valence-corrected chi connectivity index (χ1v) is 10.2. The van der Waals surface area contributed by atoms with Crippen molar-refractivity contribution < 1.29 is 17.6 Å². The molecule has 9 heteroatoms. The van der Waals surface area contributed by atoms with Gasteiger partial charge in [0.15, 0.2) is 0 Å². The fourth-order valence-electron chi connectivity index (χ4n) is 2.22. The van der Waals surface area contributed by atoms with Crippen LogP contribution >= 0.6 is 22.9 Å². The second-order valence-corrected chi connectivity index (χ2v) is 8.89. The molecule has 5 nitrogen and oxygen atoms in total. The van der Waals surface area contributed by atoms with Gasteiger partial charge in [-0.3, -0.25) is 4.79 Å². The van der Waals surface area contributed by atoms with Gasteiger partial charge < -0.3 is 5.32 Å². The highest BCUT2D eigenvalue weighted by Crippen LogP contribution is 2.25. The Bertz CT molecular complexity index is 864. The van der Waals surface area contributed by atoms with Crippen molar-refractivity contribution in [3.63, 3.8) is 0 Å². The molecule has 0 atom stereocenters. The van der Waals surface area contributed by atoms with E-state index < -0.39 is 21.7 Å². The van der Waals surface area contributed by atoms with Crippen LogP contribution < -0.4 is 5.32 Å². The Kier molecular flexibility index (Phi) is 6.56. The Morgan fingerprint density at radius 2 is 1.92 bits per heavy atom. The maximum Gasteiger partial charge on any atom is 0.254 e. The molecule has 0 spiro atoms. The number of sulfonamides is 1. The topological polar surface area (TPSA) is 66.5 Å². The van der Waals surface area contributed by atoms with Gasteiger partial charge in [0.2, 0.25) is 0 Å². The predicted molar refractivity (Wildman–Crippen MR) is 97.0 cm³/mol. The molecule has 0 unspecified atom stereocenters. The van der Waals surface area contributed by atoms with E-state index in [1.54, 1.807) is 19.9 Å². The molecular weight excluding hydrogens is 387 g/mol. The van der Waals surface area contributed by atoms with E-state index in [-0.39, 0.29) is 21.3 Å². The lowest BCUT2D eigenvalue weighted by molar-refractivity contribution is 0.0947. The van der Waals surface area contributed by atoms with Gasteiger partial charge in [0, 0.05) is 23.0 Å². The van der Waals surface area contributed by atoms with Crippen molar-refractivity contribution in [2.45, 2.75) is 24.6 Å². The van der Waals surface area contributed by atoms with Gasteiger partial charge in [-0.15, -0.1) is 11.3 Å². The predicted octanol–water partition coefficient (Wildman–Crippen LogP) is 3.50. The number of thiophene rings is 1. The molecule has 0 aliphatic rings. The van der Waals surface area contributed by atoms with Crippen molar-refractivity contribution in [3.8, 4) is 0 Å². The van der Waals surface area contributed by atoms with E-state index in [1.807, 2.05) is 0 Å². The third-order valence-electron chi connectivity index (χ3n) is 3.54. The number of amides is 1. The largest absolute Gasteiger partial charge is 0.347 e. The third-order valence-corrected chi connectivity index (χ3v) is 7.37. The minimum atomic E-state index is -3.52. The number of carbonyl (C=O) groups is 1. The van der Waals surface area contributed by atoms with Crippen molar-refractivity contribution in [2.75, 3.05) is 13.1 Å². The Morgan fingerprint density at radius 1 is 1.24 bits per heavy atom. The van der Waals surface area contributed by atoms with E-state index in [0.29, 0.717) is 18.0 Å². The molecule has 0 radical (unpaired) electrons. The number of carbonyl (C=O) groups excluding carboxylic acids is 1. The summed E-state index contributed by atoms with van der Waals surface area (Å²) >= 11 is 6.74. The van der Waals surface area contributed by atoms with Gasteiger partial charge in [0.1, 0.15) is 10.0 Å². The SMILES string of the molecule is CCN(CC)S(=O)(=O)c1ccc(CNC(=O)c2ccc(Cl)cc2F)s1. The zero-order chi connectivity index (χ0) is 18.6. The summed E-state index contributed by atoms with van der Waals surface area (Å²) < 4.78 is 40.2. The summed E-state index contributed by atoms with van der Waals surface area (Å²) in [6.45, 7) is 4.43. The van der Waals surface area contributed by atoms with Crippen LogP contribution in [0.5, 0.6) is 0 Å². The van der Waals surface area contributed by atoms with Crippen LogP contribution in [0.4, 0.5) is 4.39 Å². The Morgan fingerprint density at radius 3 is 2.52 bits per heavy atom. The van der Waals surface area contributed by atoms with Crippen molar-refractivity contribution in [1.29, 1.82) is 0 Å². The maximum absolute atomic E-state index is 13.7. The highest BCUT2D eigenvalue weighted by Gasteiger charge is 2.23. The lowest BCUT2D eigenvalue weighted by Gasteiger charge is -2.16. The fourth-order valence-corrected chi connectivity index (χ4v) is 5.29. The van der Waals surface area contributed by atoms with Crippen LogP contribution in [0.1, 0.15) is 29.1 Å². The molecule has 2 rings (SSSR count). The van der Waals surface area contributed by atoms with Gasteiger partial charge in [0.25, 0.3) is 15.9 Å². The first kappa shape index (κ1) is 19.8. The van der Waals surface area contributed by atoms with Gasteiger partial charge in [-0.25, -0.2) is 12.8 Å². The summed E-state index contributed by atoms with van der Waals surface area (Å²) in [5, 5.41) is 2.78. The molecule has 0 aliphatic carbocycles. The van der Waals surface area contributed by atoms with Gasteiger partial charge in [-0.1, -0.05) is 25.4 Å². The van der Waals surface area contributed by atoms with Crippen LogP contribution in [0.3, 0.4) is 0 Å². The molecule has 2 aromatic rings. The summed E-state index contributed by atoms with van der Waals surface area (Å²) in [6.07, 6.45) is 0. The van der Waals surface area contributed by atoms with Gasteiger partial charge in [0.05, 0.1) is 12.1 Å². The number of hydrogen-bond acceptors (Lipinski definition) is 4. The number of rotatable bonds is 7. The van der Waals surface area contributed by atoms with Gasteiger partial charge >= 0.3 is 0 Å². The minimum Gasteiger partial charge on any atom is -0.347 e. The quantitative estimate of drug-likeness (QED) is 0.768. The summed E-state index contributed by atoms with van der Waals surface area (Å²) in [7, 11) is -3.52. The third kappa shape index (κ3) is 4.58. The molecule has 1 heterocycles. The molecule has 1 N–H and O–H groups in total. The van der Waals surface area contributed by atoms with Crippen molar-refractivity contribution in [2.24, 2.45) is 0 Å². The molecular formula is C16H18ClFN2O3S2. The van der Waals surface area contributed by atoms with Gasteiger partial charge in [-0.2, -0.15) is 4.31 Å². The summed E-state index contributed by atoms with van der Waals surface area (Å²) in [5.41, 5.74) is -0.114. The molecule has 1 aromatic carbocycles. The smallest absolute Gasteiger partial charge is 0.254 e. The number of nitrogens with one attached hydrogen (secondary N) is 1. The molecule has 25 heavy (non-hydrogen) atoms. The molecule has 1 amide bonds. The number of halogens is 2. The van der Waals surface area contributed by atoms with Crippen LogP contribution in [-0.2, 0) is 16.6 Å². The number of hydrogen-bond donors (Lipinski definition) is 1. The van der Waals surface area contributed by atoms with E-state index in [4.69, 9.17) is 11.6 Å². The normalized spacial score (nSPS) is 11.7. The second-order valence-electron chi connectivity index (χ2n) is 5.12. The lowest BCUT2D eigenvalue weighted by Crippen LogP contribution is -2.30. The van der Waals surface area contributed by atoms with Gasteiger partial charge in [-0.05, 0) is 30.3 Å². The molecule has 136 valence electrons. The molecule has 0 saturated heterocycles. The van der Waals surface area contributed by atoms with E-state index >= 15 is 0 Å². The highest BCUT2D eigenvalue weighted by atomic mass is 35.5. The van der Waals surface area contributed by atoms with E-state index in [0.717, 1.165) is 17.4 Å². The summed E-state index contributed by atoms with van der Waals surface area (Å²) in [6, 6.07) is 6.95. The maximum atomic E-state index is 13.7. The lowest BCUT2D eigenvalue weighted by atomic mass is 10.2. The van der Waals surface area contributed by atoms with Crippen LogP contribution in [0.2, 0.25) is 5.02 Å². The monoisotopic (exact) mass is 404 g/mol. The second kappa shape index (κ2) is 8.27. The molecule has 0 bridgehead atoms. The van der Waals surface area contributed by atoms with E-state index in [2.05, 4.69) is 5.32 Å². The average molecular weight is 405 g/mol. The first-order chi connectivity index (χ1) is 11.8. The van der Waals surface area contributed by atoms with E-state index in [1.165, 1.54) is 22.5 Å².